The maximum Gasteiger partial charge on any atom is 0.162 e. The molecule has 0 saturated carbocycles. The van der Waals surface area contributed by atoms with Gasteiger partial charge in [0.15, 0.2) is 5.78 Å². The average molecular weight is 216 g/mol. The molecule has 3 nitrogen and oxygen atoms in total. The number of hydrogen-bond acceptors (Lipinski definition) is 3. The highest BCUT2D eigenvalue weighted by Crippen LogP contribution is 2.23. The van der Waals surface area contributed by atoms with Crippen molar-refractivity contribution in [1.82, 2.24) is 9.38 Å². The molecule has 3 heterocycles. The van der Waals surface area contributed by atoms with Crippen molar-refractivity contribution in [1.29, 1.82) is 0 Å². The number of Topliss-reactive ketones (excluding diaryl/α,β-unsaturated/α-hetero) is 1. The predicted octanol–water partition coefficient (Wildman–Crippen LogP) is 2.75. The Balaban J connectivity index is 2.51. The maximum absolute atomic E-state index is 11.4. The Bertz CT molecular complexity index is 665. The molecule has 0 spiro atoms. The van der Waals surface area contributed by atoms with E-state index in [1.54, 1.807) is 24.5 Å². The molecule has 0 bridgehead atoms. The molecule has 0 N–H and O–H groups in total. The number of rotatable bonds is 1. The first-order chi connectivity index (χ1) is 7.27. The molecule has 3 aromatic rings. The Hall–Kier alpha value is -1.68. The average Bonchev–Trinajstić information content (AvgIpc) is 2.82. The summed E-state index contributed by atoms with van der Waals surface area (Å²) in [4.78, 5) is 16.8. The smallest absolute Gasteiger partial charge is 0.162 e. The van der Waals surface area contributed by atoms with Crippen LogP contribution in [0.1, 0.15) is 17.3 Å². The van der Waals surface area contributed by atoms with Gasteiger partial charge in [-0.15, -0.1) is 11.3 Å². The molecule has 0 amide bonds. The van der Waals surface area contributed by atoms with Gasteiger partial charge in [-0.25, -0.2) is 0 Å². The zero-order valence-corrected chi connectivity index (χ0v) is 8.91. The van der Waals surface area contributed by atoms with E-state index in [1.807, 2.05) is 28.1 Å². The van der Waals surface area contributed by atoms with Crippen molar-refractivity contribution >= 4 is 33.0 Å². The van der Waals surface area contributed by atoms with Gasteiger partial charge in [0.25, 0.3) is 0 Å². The first kappa shape index (κ1) is 8.61. The zero-order chi connectivity index (χ0) is 10.4. The van der Waals surface area contributed by atoms with Crippen molar-refractivity contribution in [3.8, 4) is 0 Å². The zero-order valence-electron chi connectivity index (χ0n) is 8.10. The molecule has 3 rings (SSSR count). The second kappa shape index (κ2) is 2.90. The van der Waals surface area contributed by atoms with Gasteiger partial charge in [-0.3, -0.25) is 9.78 Å². The van der Waals surface area contributed by atoms with Gasteiger partial charge in [-0.2, -0.15) is 0 Å². The standard InChI is InChI=1S/C11H8N2OS/c1-7(14)8-2-4-13-10(8)6-12-9-3-5-15-11(9)13/h2-6H,1H3. The summed E-state index contributed by atoms with van der Waals surface area (Å²) in [6, 6.07) is 3.82. The molecule has 0 unspecified atom stereocenters. The molecule has 0 radical (unpaired) electrons. The van der Waals surface area contributed by atoms with E-state index in [0.29, 0.717) is 0 Å². The highest BCUT2D eigenvalue weighted by molar-refractivity contribution is 7.16. The lowest BCUT2D eigenvalue weighted by atomic mass is 10.2. The fourth-order valence-corrected chi connectivity index (χ4v) is 2.59. The minimum Gasteiger partial charge on any atom is -0.305 e. The first-order valence-corrected chi connectivity index (χ1v) is 5.49. The molecule has 4 heteroatoms. The summed E-state index contributed by atoms with van der Waals surface area (Å²) in [6.07, 6.45) is 3.68. The summed E-state index contributed by atoms with van der Waals surface area (Å²) >= 11 is 1.63. The van der Waals surface area contributed by atoms with E-state index in [2.05, 4.69) is 4.98 Å². The van der Waals surface area contributed by atoms with Gasteiger partial charge in [0.2, 0.25) is 0 Å². The molecular weight excluding hydrogens is 208 g/mol. The lowest BCUT2D eigenvalue weighted by molar-refractivity contribution is 0.101. The van der Waals surface area contributed by atoms with E-state index in [0.717, 1.165) is 21.4 Å². The van der Waals surface area contributed by atoms with Gasteiger partial charge in [-0.05, 0) is 24.4 Å². The summed E-state index contributed by atoms with van der Waals surface area (Å²) in [5.74, 6) is 0.0789. The fourth-order valence-electron chi connectivity index (χ4n) is 1.75. The monoisotopic (exact) mass is 216 g/mol. The van der Waals surface area contributed by atoms with Gasteiger partial charge < -0.3 is 4.40 Å². The molecule has 0 aliphatic carbocycles. The number of fused-ring (bicyclic) bond motifs is 3. The predicted molar refractivity (Wildman–Crippen MR) is 60.6 cm³/mol. The summed E-state index contributed by atoms with van der Waals surface area (Å²) < 4.78 is 2.02. The summed E-state index contributed by atoms with van der Waals surface area (Å²) in [5, 5.41) is 2.00. The SMILES string of the molecule is CC(=O)c1ccn2c1cnc1ccsc12. The lowest BCUT2D eigenvalue weighted by Crippen LogP contribution is -1.92. The maximum atomic E-state index is 11.4. The number of carbonyl (C=O) groups excluding carboxylic acids is 1. The Morgan fingerprint density at radius 3 is 3.13 bits per heavy atom. The highest BCUT2D eigenvalue weighted by atomic mass is 32.1. The Kier molecular flexibility index (Phi) is 1.67. The normalized spacial score (nSPS) is 11.3. The molecular formula is C11H8N2OS. The third-order valence-corrected chi connectivity index (χ3v) is 3.38. The molecule has 0 aliphatic heterocycles. The largest absolute Gasteiger partial charge is 0.305 e. The van der Waals surface area contributed by atoms with Gasteiger partial charge in [0, 0.05) is 11.8 Å². The van der Waals surface area contributed by atoms with Crippen molar-refractivity contribution in [3.05, 3.63) is 35.5 Å². The molecule has 0 aliphatic rings. The van der Waals surface area contributed by atoms with E-state index in [4.69, 9.17) is 0 Å². The van der Waals surface area contributed by atoms with Gasteiger partial charge >= 0.3 is 0 Å². The third kappa shape index (κ3) is 1.11. The van der Waals surface area contributed by atoms with Crippen LogP contribution in [0.25, 0.3) is 15.9 Å². The molecule has 15 heavy (non-hydrogen) atoms. The van der Waals surface area contributed by atoms with E-state index < -0.39 is 0 Å². The highest BCUT2D eigenvalue weighted by Gasteiger charge is 2.09. The fraction of sp³-hybridized carbons (Fsp3) is 0.0909. The van der Waals surface area contributed by atoms with Crippen LogP contribution in [0.15, 0.2) is 29.9 Å². The molecule has 0 aromatic carbocycles. The van der Waals surface area contributed by atoms with Crippen LogP contribution in [0.2, 0.25) is 0 Å². The Morgan fingerprint density at radius 1 is 1.47 bits per heavy atom. The molecule has 0 saturated heterocycles. The molecule has 0 atom stereocenters. The van der Waals surface area contributed by atoms with Crippen LogP contribution in [-0.4, -0.2) is 15.2 Å². The Labute approximate surface area is 90.0 Å². The van der Waals surface area contributed by atoms with E-state index in [-0.39, 0.29) is 5.78 Å². The lowest BCUT2D eigenvalue weighted by Gasteiger charge is -1.97. The second-order valence-corrected chi connectivity index (χ2v) is 4.30. The van der Waals surface area contributed by atoms with E-state index >= 15 is 0 Å². The van der Waals surface area contributed by atoms with Crippen molar-refractivity contribution < 1.29 is 4.79 Å². The van der Waals surface area contributed by atoms with Crippen LogP contribution in [0.3, 0.4) is 0 Å². The van der Waals surface area contributed by atoms with Crippen LogP contribution in [0, 0.1) is 0 Å². The minimum atomic E-state index is 0.0789. The van der Waals surface area contributed by atoms with Crippen LogP contribution in [-0.2, 0) is 0 Å². The van der Waals surface area contributed by atoms with Crippen molar-refractivity contribution in [2.24, 2.45) is 0 Å². The first-order valence-electron chi connectivity index (χ1n) is 4.61. The van der Waals surface area contributed by atoms with Gasteiger partial charge in [0.05, 0.1) is 17.2 Å². The Morgan fingerprint density at radius 2 is 2.33 bits per heavy atom. The number of aromatic nitrogens is 2. The molecule has 0 fully saturated rings. The third-order valence-electron chi connectivity index (χ3n) is 2.47. The summed E-state index contributed by atoms with van der Waals surface area (Å²) in [6.45, 7) is 1.58. The number of carbonyl (C=O) groups is 1. The van der Waals surface area contributed by atoms with Crippen molar-refractivity contribution in [3.63, 3.8) is 0 Å². The van der Waals surface area contributed by atoms with Crippen molar-refractivity contribution in [2.75, 3.05) is 0 Å². The number of ketones is 1. The van der Waals surface area contributed by atoms with Crippen LogP contribution in [0.5, 0.6) is 0 Å². The van der Waals surface area contributed by atoms with Gasteiger partial charge in [-0.1, -0.05) is 0 Å². The van der Waals surface area contributed by atoms with Crippen molar-refractivity contribution in [2.45, 2.75) is 6.92 Å². The van der Waals surface area contributed by atoms with Crippen LogP contribution < -0.4 is 0 Å². The van der Waals surface area contributed by atoms with E-state index in [9.17, 15) is 4.79 Å². The quantitative estimate of drug-likeness (QED) is 0.586. The second-order valence-electron chi connectivity index (χ2n) is 3.41. The number of nitrogens with zero attached hydrogens (tertiary/aromatic N) is 2. The van der Waals surface area contributed by atoms with Crippen LogP contribution in [0.4, 0.5) is 0 Å². The molecule has 74 valence electrons. The van der Waals surface area contributed by atoms with Gasteiger partial charge in [0.1, 0.15) is 4.83 Å². The topological polar surface area (TPSA) is 34.4 Å². The minimum absolute atomic E-state index is 0.0789. The summed E-state index contributed by atoms with van der Waals surface area (Å²) in [7, 11) is 0. The number of hydrogen-bond donors (Lipinski definition) is 0. The van der Waals surface area contributed by atoms with E-state index in [1.165, 1.54) is 0 Å². The number of thiophene rings is 1. The van der Waals surface area contributed by atoms with Crippen LogP contribution >= 0.6 is 11.3 Å². The summed E-state index contributed by atoms with van der Waals surface area (Å²) in [5.41, 5.74) is 2.59. The molecule has 3 aromatic heterocycles.